The van der Waals surface area contributed by atoms with Gasteiger partial charge in [0, 0.05) is 33.4 Å². The van der Waals surface area contributed by atoms with Gasteiger partial charge in [-0.25, -0.2) is 0 Å². The lowest BCUT2D eigenvalue weighted by atomic mass is 10.1. The van der Waals surface area contributed by atoms with Crippen molar-refractivity contribution in [3.05, 3.63) is 0 Å². The number of hydrogen-bond acceptors (Lipinski definition) is 3. The second-order valence-corrected chi connectivity index (χ2v) is 4.54. The van der Waals surface area contributed by atoms with Crippen LogP contribution >= 0.6 is 0 Å². The first-order chi connectivity index (χ1) is 6.61. The fourth-order valence-corrected chi connectivity index (χ4v) is 2.21. The molecule has 1 rings (SSSR count). The van der Waals surface area contributed by atoms with E-state index >= 15 is 0 Å². The van der Waals surface area contributed by atoms with Crippen LogP contribution in [0.3, 0.4) is 0 Å². The highest BCUT2D eigenvalue weighted by molar-refractivity contribution is 4.74. The minimum atomic E-state index is 0.369. The second-order valence-electron chi connectivity index (χ2n) is 4.54. The summed E-state index contributed by atoms with van der Waals surface area (Å²) in [5.74, 6) is 0.609. The molecule has 0 N–H and O–H groups in total. The quantitative estimate of drug-likeness (QED) is 0.686. The number of nitrogens with zero attached hydrogens (tertiary/aromatic N) is 1. The molecule has 2 unspecified atom stereocenters. The SMILES string of the molecule is COCC(C)CN1CC(C)O[C@H](C)C1. The second kappa shape index (κ2) is 5.69. The first kappa shape index (κ1) is 12.0. The summed E-state index contributed by atoms with van der Waals surface area (Å²) in [6, 6.07) is 0. The van der Waals surface area contributed by atoms with Crippen molar-refractivity contribution in [3.8, 4) is 0 Å². The zero-order valence-electron chi connectivity index (χ0n) is 9.82. The predicted molar refractivity (Wildman–Crippen MR) is 57.5 cm³/mol. The van der Waals surface area contributed by atoms with Gasteiger partial charge in [-0.15, -0.1) is 0 Å². The summed E-state index contributed by atoms with van der Waals surface area (Å²) in [5, 5.41) is 0. The van der Waals surface area contributed by atoms with Crippen LogP contribution < -0.4 is 0 Å². The first-order valence-electron chi connectivity index (χ1n) is 5.48. The summed E-state index contributed by atoms with van der Waals surface area (Å²) < 4.78 is 10.8. The van der Waals surface area contributed by atoms with Crippen molar-refractivity contribution >= 4 is 0 Å². The molecule has 0 radical (unpaired) electrons. The Hall–Kier alpha value is -0.120. The summed E-state index contributed by atoms with van der Waals surface area (Å²) in [6.45, 7) is 10.6. The van der Waals surface area contributed by atoms with Crippen LogP contribution in [0.15, 0.2) is 0 Å². The zero-order chi connectivity index (χ0) is 10.6. The number of morpholine rings is 1. The van der Waals surface area contributed by atoms with E-state index in [-0.39, 0.29) is 0 Å². The predicted octanol–water partition coefficient (Wildman–Crippen LogP) is 1.38. The van der Waals surface area contributed by atoms with Gasteiger partial charge in [-0.2, -0.15) is 0 Å². The highest BCUT2D eigenvalue weighted by Gasteiger charge is 2.22. The monoisotopic (exact) mass is 201 g/mol. The zero-order valence-corrected chi connectivity index (χ0v) is 9.82. The van der Waals surface area contributed by atoms with Gasteiger partial charge >= 0.3 is 0 Å². The van der Waals surface area contributed by atoms with E-state index in [1.54, 1.807) is 7.11 Å². The molecule has 0 saturated carbocycles. The van der Waals surface area contributed by atoms with Gasteiger partial charge < -0.3 is 9.47 Å². The fraction of sp³-hybridized carbons (Fsp3) is 1.00. The lowest BCUT2D eigenvalue weighted by Crippen LogP contribution is -2.47. The summed E-state index contributed by atoms with van der Waals surface area (Å²) in [7, 11) is 1.76. The molecule has 3 atom stereocenters. The standard InChI is InChI=1S/C11H23NO2/c1-9(8-13-4)5-12-6-10(2)14-11(3)7-12/h9-11H,5-8H2,1-4H3/t9?,10-,11?/m1/s1. The third-order valence-electron chi connectivity index (χ3n) is 2.52. The Kier molecular flexibility index (Phi) is 4.85. The summed E-state index contributed by atoms with van der Waals surface area (Å²) >= 11 is 0. The Balaban J connectivity index is 2.29. The number of rotatable bonds is 4. The molecule has 0 aromatic heterocycles. The van der Waals surface area contributed by atoms with Crippen LogP contribution in [0.2, 0.25) is 0 Å². The maximum Gasteiger partial charge on any atom is 0.0678 e. The van der Waals surface area contributed by atoms with Crippen LogP contribution in [0.1, 0.15) is 20.8 Å². The van der Waals surface area contributed by atoms with Crippen molar-refractivity contribution in [1.82, 2.24) is 4.90 Å². The van der Waals surface area contributed by atoms with E-state index in [0.29, 0.717) is 18.1 Å². The van der Waals surface area contributed by atoms with E-state index in [2.05, 4.69) is 25.7 Å². The molecule has 0 aliphatic carbocycles. The van der Waals surface area contributed by atoms with Crippen LogP contribution in [-0.2, 0) is 9.47 Å². The normalized spacial score (nSPS) is 31.7. The maximum atomic E-state index is 5.68. The minimum Gasteiger partial charge on any atom is -0.384 e. The largest absolute Gasteiger partial charge is 0.384 e. The molecule has 3 nitrogen and oxygen atoms in total. The van der Waals surface area contributed by atoms with Crippen LogP contribution in [0, 0.1) is 5.92 Å². The maximum absolute atomic E-state index is 5.68. The summed E-state index contributed by atoms with van der Waals surface area (Å²) in [4.78, 5) is 2.47. The highest BCUT2D eigenvalue weighted by atomic mass is 16.5. The molecule has 1 aliphatic heterocycles. The van der Waals surface area contributed by atoms with Gasteiger partial charge in [0.15, 0.2) is 0 Å². The molecule has 0 aromatic rings. The lowest BCUT2D eigenvalue weighted by Gasteiger charge is -2.36. The van der Waals surface area contributed by atoms with Crippen molar-refractivity contribution in [2.75, 3.05) is 33.4 Å². The van der Waals surface area contributed by atoms with Gasteiger partial charge in [-0.1, -0.05) is 6.92 Å². The first-order valence-corrected chi connectivity index (χ1v) is 5.48. The number of methoxy groups -OCH3 is 1. The van der Waals surface area contributed by atoms with E-state index in [4.69, 9.17) is 9.47 Å². The van der Waals surface area contributed by atoms with Crippen molar-refractivity contribution in [1.29, 1.82) is 0 Å². The van der Waals surface area contributed by atoms with Gasteiger partial charge in [-0.05, 0) is 19.8 Å². The fourth-order valence-electron chi connectivity index (χ4n) is 2.21. The Labute approximate surface area is 87.4 Å². The van der Waals surface area contributed by atoms with Gasteiger partial charge in [0.1, 0.15) is 0 Å². The molecular weight excluding hydrogens is 178 g/mol. The molecule has 1 aliphatic rings. The number of ether oxygens (including phenoxy) is 2. The van der Waals surface area contributed by atoms with E-state index < -0.39 is 0 Å². The topological polar surface area (TPSA) is 21.7 Å². The van der Waals surface area contributed by atoms with E-state index in [9.17, 15) is 0 Å². The molecule has 0 bridgehead atoms. The molecule has 84 valence electrons. The van der Waals surface area contributed by atoms with Crippen LogP contribution in [0.25, 0.3) is 0 Å². The van der Waals surface area contributed by atoms with Crippen LogP contribution in [-0.4, -0.2) is 50.5 Å². The highest BCUT2D eigenvalue weighted by Crippen LogP contribution is 2.12. The van der Waals surface area contributed by atoms with Crippen molar-refractivity contribution in [2.45, 2.75) is 33.0 Å². The Morgan fingerprint density at radius 3 is 2.43 bits per heavy atom. The van der Waals surface area contributed by atoms with Gasteiger partial charge in [-0.3, -0.25) is 4.90 Å². The third kappa shape index (κ3) is 3.95. The lowest BCUT2D eigenvalue weighted by molar-refractivity contribution is -0.0727. The summed E-state index contributed by atoms with van der Waals surface area (Å²) in [6.07, 6.45) is 0.738. The average Bonchev–Trinajstić information content (AvgIpc) is 2.01. The smallest absolute Gasteiger partial charge is 0.0678 e. The third-order valence-corrected chi connectivity index (χ3v) is 2.52. The molecule has 0 amide bonds. The van der Waals surface area contributed by atoms with Crippen LogP contribution in [0.4, 0.5) is 0 Å². The molecule has 14 heavy (non-hydrogen) atoms. The molecule has 1 heterocycles. The van der Waals surface area contributed by atoms with E-state index in [1.807, 2.05) is 0 Å². The molecule has 3 heteroatoms. The van der Waals surface area contributed by atoms with Crippen molar-refractivity contribution in [2.24, 2.45) is 5.92 Å². The average molecular weight is 201 g/mol. The molecular formula is C11H23NO2. The number of hydrogen-bond donors (Lipinski definition) is 0. The van der Waals surface area contributed by atoms with Gasteiger partial charge in [0.05, 0.1) is 12.2 Å². The van der Waals surface area contributed by atoms with Crippen LogP contribution in [0.5, 0.6) is 0 Å². The van der Waals surface area contributed by atoms with Crippen molar-refractivity contribution < 1.29 is 9.47 Å². The minimum absolute atomic E-state index is 0.369. The van der Waals surface area contributed by atoms with Gasteiger partial charge in [0.25, 0.3) is 0 Å². The molecule has 0 spiro atoms. The Bertz CT molecular complexity index is 153. The van der Waals surface area contributed by atoms with E-state index in [1.165, 1.54) is 0 Å². The molecule has 0 aromatic carbocycles. The Morgan fingerprint density at radius 2 is 1.93 bits per heavy atom. The van der Waals surface area contributed by atoms with Gasteiger partial charge in [0.2, 0.25) is 0 Å². The van der Waals surface area contributed by atoms with Crippen molar-refractivity contribution in [3.63, 3.8) is 0 Å². The molecule has 1 saturated heterocycles. The molecule has 1 fully saturated rings. The Morgan fingerprint density at radius 1 is 1.36 bits per heavy atom. The summed E-state index contributed by atoms with van der Waals surface area (Å²) in [5.41, 5.74) is 0. The van der Waals surface area contributed by atoms with E-state index in [0.717, 1.165) is 26.2 Å².